The van der Waals surface area contributed by atoms with E-state index in [4.69, 9.17) is 4.74 Å². The van der Waals surface area contributed by atoms with Gasteiger partial charge < -0.3 is 15.2 Å². The lowest BCUT2D eigenvalue weighted by molar-refractivity contribution is -0.139. The summed E-state index contributed by atoms with van der Waals surface area (Å²) in [5, 5.41) is 11.6. The molecule has 5 nitrogen and oxygen atoms in total. The van der Waals surface area contributed by atoms with Gasteiger partial charge in [-0.05, 0) is 16.7 Å². The second-order valence-corrected chi connectivity index (χ2v) is 4.79. The van der Waals surface area contributed by atoms with E-state index in [0.29, 0.717) is 5.56 Å². The molecule has 0 bridgehead atoms. The molecule has 0 aromatic heterocycles. The van der Waals surface area contributed by atoms with Crippen molar-refractivity contribution in [2.24, 2.45) is 0 Å². The molecule has 118 valence electrons. The van der Waals surface area contributed by atoms with E-state index in [1.165, 1.54) is 6.08 Å². The lowest BCUT2D eigenvalue weighted by Crippen LogP contribution is -2.34. The number of carboxylic acids is 1. The number of carboxylic acid groups (broad SMARTS) is 1. The Morgan fingerprint density at radius 2 is 1.70 bits per heavy atom. The number of nitrogens with one attached hydrogen (secondary N) is 1. The van der Waals surface area contributed by atoms with Crippen LogP contribution in [-0.2, 0) is 9.53 Å². The summed E-state index contributed by atoms with van der Waals surface area (Å²) in [4.78, 5) is 22.9. The van der Waals surface area contributed by atoms with E-state index in [9.17, 15) is 14.7 Å². The molecule has 2 aromatic carbocycles. The zero-order valence-corrected chi connectivity index (χ0v) is 12.4. The van der Waals surface area contributed by atoms with Crippen LogP contribution in [0.1, 0.15) is 11.6 Å². The van der Waals surface area contributed by atoms with Crippen LogP contribution in [0.15, 0.2) is 67.3 Å². The number of ether oxygens (including phenoxy) is 1. The van der Waals surface area contributed by atoms with Crippen LogP contribution in [0.25, 0.3) is 11.1 Å². The number of alkyl carbamates (subject to hydrolysis) is 1. The van der Waals surface area contributed by atoms with E-state index in [2.05, 4.69) is 11.9 Å². The molecule has 5 heteroatoms. The van der Waals surface area contributed by atoms with E-state index in [1.54, 1.807) is 12.1 Å². The van der Waals surface area contributed by atoms with Crippen molar-refractivity contribution < 1.29 is 19.4 Å². The number of amides is 1. The highest BCUT2D eigenvalue weighted by molar-refractivity contribution is 5.81. The number of hydrogen-bond donors (Lipinski definition) is 2. The average Bonchev–Trinajstić information content (AvgIpc) is 2.58. The highest BCUT2D eigenvalue weighted by Gasteiger charge is 2.22. The van der Waals surface area contributed by atoms with Crippen molar-refractivity contribution in [2.45, 2.75) is 6.04 Å². The Kier molecular flexibility index (Phi) is 5.52. The number of benzene rings is 2. The standard InChI is InChI=1S/C18H17NO4/c1-2-12-23-18(22)19-16(17(20)21)15-10-8-14(9-11-15)13-6-4-3-5-7-13/h2-11,16H,1,12H2,(H,19,22)(H,20,21). The van der Waals surface area contributed by atoms with Gasteiger partial charge in [-0.2, -0.15) is 0 Å². The van der Waals surface area contributed by atoms with Gasteiger partial charge in [0, 0.05) is 0 Å². The Balaban J connectivity index is 2.15. The third-order valence-corrected chi connectivity index (χ3v) is 3.19. The molecule has 2 rings (SSSR count). The first-order chi connectivity index (χ1) is 11.1. The fourth-order valence-electron chi connectivity index (χ4n) is 2.08. The minimum Gasteiger partial charge on any atom is -0.479 e. The van der Waals surface area contributed by atoms with Gasteiger partial charge in [0.15, 0.2) is 6.04 Å². The second-order valence-electron chi connectivity index (χ2n) is 4.79. The minimum atomic E-state index is -1.17. The fourth-order valence-corrected chi connectivity index (χ4v) is 2.08. The predicted molar refractivity (Wildman–Crippen MR) is 86.9 cm³/mol. The summed E-state index contributed by atoms with van der Waals surface area (Å²) >= 11 is 0. The summed E-state index contributed by atoms with van der Waals surface area (Å²) in [6.07, 6.45) is 0.605. The molecule has 0 aliphatic carbocycles. The minimum absolute atomic E-state index is 0.0190. The Labute approximate surface area is 134 Å². The smallest absolute Gasteiger partial charge is 0.408 e. The molecule has 0 fully saturated rings. The molecule has 2 aromatic rings. The number of carbonyl (C=O) groups is 2. The molecule has 23 heavy (non-hydrogen) atoms. The van der Waals surface area contributed by atoms with E-state index in [1.807, 2.05) is 42.5 Å². The lowest BCUT2D eigenvalue weighted by atomic mass is 10.0. The first kappa shape index (κ1) is 16.3. The fraction of sp³-hybridized carbons (Fsp3) is 0.111. The molecule has 0 radical (unpaired) electrons. The van der Waals surface area contributed by atoms with Gasteiger partial charge in [0.25, 0.3) is 0 Å². The highest BCUT2D eigenvalue weighted by Crippen LogP contribution is 2.22. The van der Waals surface area contributed by atoms with Gasteiger partial charge in [-0.1, -0.05) is 67.3 Å². The van der Waals surface area contributed by atoms with Crippen molar-refractivity contribution in [3.8, 4) is 11.1 Å². The molecular weight excluding hydrogens is 294 g/mol. The molecule has 0 saturated carbocycles. The van der Waals surface area contributed by atoms with Crippen molar-refractivity contribution >= 4 is 12.1 Å². The first-order valence-corrected chi connectivity index (χ1v) is 7.04. The molecule has 0 spiro atoms. The van der Waals surface area contributed by atoms with E-state index >= 15 is 0 Å². The maximum absolute atomic E-state index is 11.5. The van der Waals surface area contributed by atoms with Crippen LogP contribution in [0.4, 0.5) is 4.79 Å². The van der Waals surface area contributed by atoms with Crippen LogP contribution in [0.5, 0.6) is 0 Å². The third-order valence-electron chi connectivity index (χ3n) is 3.19. The molecule has 1 atom stereocenters. The zero-order valence-electron chi connectivity index (χ0n) is 12.4. The second kappa shape index (κ2) is 7.79. The summed E-state index contributed by atoms with van der Waals surface area (Å²) in [7, 11) is 0. The van der Waals surface area contributed by atoms with Gasteiger partial charge in [-0.25, -0.2) is 9.59 Å². The molecule has 2 N–H and O–H groups in total. The maximum Gasteiger partial charge on any atom is 0.408 e. The van der Waals surface area contributed by atoms with E-state index < -0.39 is 18.1 Å². The van der Waals surface area contributed by atoms with Crippen LogP contribution in [0, 0.1) is 0 Å². The Morgan fingerprint density at radius 1 is 1.09 bits per heavy atom. The summed E-state index contributed by atoms with van der Waals surface area (Å²) < 4.78 is 4.75. The van der Waals surface area contributed by atoms with E-state index in [0.717, 1.165) is 11.1 Å². The Hall–Kier alpha value is -3.08. The number of rotatable bonds is 6. The molecular formula is C18H17NO4. The summed E-state index contributed by atoms with van der Waals surface area (Å²) in [6, 6.07) is 15.5. The van der Waals surface area contributed by atoms with E-state index in [-0.39, 0.29) is 6.61 Å². The maximum atomic E-state index is 11.5. The topological polar surface area (TPSA) is 75.6 Å². The molecule has 1 unspecified atom stereocenters. The lowest BCUT2D eigenvalue weighted by Gasteiger charge is -2.15. The average molecular weight is 311 g/mol. The first-order valence-electron chi connectivity index (χ1n) is 7.04. The zero-order chi connectivity index (χ0) is 16.7. The van der Waals surface area contributed by atoms with Crippen LogP contribution in [-0.4, -0.2) is 23.8 Å². The van der Waals surface area contributed by atoms with Crippen molar-refractivity contribution in [3.05, 3.63) is 72.8 Å². The number of hydrogen-bond acceptors (Lipinski definition) is 3. The quantitative estimate of drug-likeness (QED) is 0.802. The largest absolute Gasteiger partial charge is 0.479 e. The third kappa shape index (κ3) is 4.44. The van der Waals surface area contributed by atoms with Crippen LogP contribution in [0.3, 0.4) is 0 Å². The summed E-state index contributed by atoms with van der Waals surface area (Å²) in [6.45, 7) is 3.44. The van der Waals surface area contributed by atoms with Gasteiger partial charge in [0.05, 0.1) is 0 Å². The van der Waals surface area contributed by atoms with Crippen molar-refractivity contribution in [2.75, 3.05) is 6.61 Å². The van der Waals surface area contributed by atoms with Crippen molar-refractivity contribution in [1.82, 2.24) is 5.32 Å². The van der Waals surface area contributed by atoms with Crippen molar-refractivity contribution in [3.63, 3.8) is 0 Å². The molecule has 0 aliphatic heterocycles. The molecule has 1 amide bonds. The van der Waals surface area contributed by atoms with Gasteiger partial charge >= 0.3 is 12.1 Å². The monoisotopic (exact) mass is 311 g/mol. The van der Waals surface area contributed by atoms with Gasteiger partial charge in [-0.15, -0.1) is 0 Å². The van der Waals surface area contributed by atoms with Crippen LogP contribution in [0.2, 0.25) is 0 Å². The summed E-state index contributed by atoms with van der Waals surface area (Å²) in [5.74, 6) is -1.16. The van der Waals surface area contributed by atoms with Gasteiger partial charge in [0.2, 0.25) is 0 Å². The SMILES string of the molecule is C=CCOC(=O)NC(C(=O)O)c1ccc(-c2ccccc2)cc1. The van der Waals surface area contributed by atoms with Crippen LogP contribution >= 0.6 is 0 Å². The Bertz CT molecular complexity index is 680. The van der Waals surface area contributed by atoms with Crippen molar-refractivity contribution in [1.29, 1.82) is 0 Å². The molecule has 0 aliphatic rings. The predicted octanol–water partition coefficient (Wildman–Crippen LogP) is 3.39. The summed E-state index contributed by atoms with van der Waals surface area (Å²) in [5.41, 5.74) is 2.46. The van der Waals surface area contributed by atoms with Gasteiger partial charge in [0.1, 0.15) is 6.61 Å². The normalized spacial score (nSPS) is 11.3. The molecule has 0 saturated heterocycles. The number of carbonyl (C=O) groups excluding carboxylic acids is 1. The van der Waals surface area contributed by atoms with Crippen LogP contribution < -0.4 is 5.32 Å². The molecule has 0 heterocycles. The number of aliphatic carboxylic acids is 1. The Morgan fingerprint density at radius 3 is 2.26 bits per heavy atom. The highest BCUT2D eigenvalue weighted by atomic mass is 16.5. The van der Waals surface area contributed by atoms with Gasteiger partial charge in [-0.3, -0.25) is 0 Å².